The van der Waals surface area contributed by atoms with Crippen LogP contribution in [0.5, 0.6) is 0 Å². The molecule has 0 spiro atoms. The summed E-state index contributed by atoms with van der Waals surface area (Å²) < 4.78 is 5.08. The molecule has 2 rings (SSSR count). The Bertz CT molecular complexity index is 550. The van der Waals surface area contributed by atoms with Gasteiger partial charge in [0.05, 0.1) is 5.56 Å². The first kappa shape index (κ1) is 14.4. The predicted molar refractivity (Wildman–Crippen MR) is 76.4 cm³/mol. The van der Waals surface area contributed by atoms with Gasteiger partial charge in [-0.05, 0) is 43.9 Å². The molecule has 0 aromatic heterocycles. The van der Waals surface area contributed by atoms with Gasteiger partial charge in [-0.2, -0.15) is 0 Å². The molecule has 0 heterocycles. The van der Waals surface area contributed by atoms with Crippen molar-refractivity contribution in [1.82, 2.24) is 4.90 Å². The molecule has 1 aromatic rings. The van der Waals surface area contributed by atoms with E-state index >= 15 is 0 Å². The molecule has 5 heteroatoms. The first-order valence-electron chi connectivity index (χ1n) is 6.69. The van der Waals surface area contributed by atoms with E-state index in [-0.39, 0.29) is 12.5 Å². The third kappa shape index (κ3) is 3.10. The number of esters is 1. The van der Waals surface area contributed by atoms with Crippen LogP contribution in [-0.4, -0.2) is 36.5 Å². The van der Waals surface area contributed by atoms with Gasteiger partial charge in [0.25, 0.3) is 5.91 Å². The van der Waals surface area contributed by atoms with Crippen molar-refractivity contribution < 1.29 is 14.3 Å². The van der Waals surface area contributed by atoms with Crippen LogP contribution in [0.1, 0.15) is 34.3 Å². The molecule has 0 bridgehead atoms. The van der Waals surface area contributed by atoms with Gasteiger partial charge in [0, 0.05) is 18.8 Å². The van der Waals surface area contributed by atoms with Crippen LogP contribution in [0.4, 0.5) is 5.69 Å². The average Bonchev–Trinajstić information content (AvgIpc) is 3.23. The van der Waals surface area contributed by atoms with E-state index in [0.717, 1.165) is 24.0 Å². The maximum absolute atomic E-state index is 12.0. The molecule has 1 aliphatic rings. The molecule has 108 valence electrons. The summed E-state index contributed by atoms with van der Waals surface area (Å²) in [5.41, 5.74) is 8.47. The van der Waals surface area contributed by atoms with E-state index in [1.165, 1.54) is 0 Å². The van der Waals surface area contributed by atoms with Crippen molar-refractivity contribution in [2.45, 2.75) is 32.7 Å². The van der Waals surface area contributed by atoms with Gasteiger partial charge in [-0.1, -0.05) is 6.07 Å². The minimum absolute atomic E-state index is 0.168. The van der Waals surface area contributed by atoms with E-state index in [9.17, 15) is 9.59 Å². The van der Waals surface area contributed by atoms with Gasteiger partial charge in [0.2, 0.25) is 0 Å². The van der Waals surface area contributed by atoms with Crippen molar-refractivity contribution in [2.75, 3.05) is 19.4 Å². The number of rotatable bonds is 4. The Kier molecular flexibility index (Phi) is 3.97. The average molecular weight is 276 g/mol. The van der Waals surface area contributed by atoms with Crippen molar-refractivity contribution in [3.05, 3.63) is 28.8 Å². The van der Waals surface area contributed by atoms with Crippen molar-refractivity contribution in [1.29, 1.82) is 0 Å². The SMILES string of the molecule is Cc1cc(C)c(C(=O)OCC(=O)N(C)C2CC2)cc1N. The topological polar surface area (TPSA) is 72.6 Å². The fourth-order valence-electron chi connectivity index (χ4n) is 2.06. The number of nitrogens with two attached hydrogens (primary N) is 1. The second-order valence-corrected chi connectivity index (χ2v) is 5.34. The lowest BCUT2D eigenvalue weighted by Gasteiger charge is -2.16. The van der Waals surface area contributed by atoms with E-state index in [2.05, 4.69) is 0 Å². The molecule has 1 saturated carbocycles. The number of aryl methyl sites for hydroxylation is 2. The normalized spacial score (nSPS) is 13.9. The van der Waals surface area contributed by atoms with Crippen LogP contribution in [0.3, 0.4) is 0 Å². The summed E-state index contributed by atoms with van der Waals surface area (Å²) in [4.78, 5) is 25.4. The van der Waals surface area contributed by atoms with Gasteiger partial charge in [-0.3, -0.25) is 4.79 Å². The number of carbonyl (C=O) groups excluding carboxylic acids is 2. The highest BCUT2D eigenvalue weighted by Gasteiger charge is 2.30. The third-order valence-corrected chi connectivity index (χ3v) is 3.65. The van der Waals surface area contributed by atoms with Crippen molar-refractivity contribution in [3.63, 3.8) is 0 Å². The molecule has 0 radical (unpaired) electrons. The second kappa shape index (κ2) is 5.53. The standard InChI is InChI=1S/C15H20N2O3/c1-9-6-10(2)13(16)7-12(9)15(19)20-8-14(18)17(3)11-4-5-11/h6-7,11H,4-5,8,16H2,1-3H3. The largest absolute Gasteiger partial charge is 0.452 e. The highest BCUT2D eigenvalue weighted by Crippen LogP contribution is 2.25. The van der Waals surface area contributed by atoms with Crippen LogP contribution in [0.25, 0.3) is 0 Å². The molecule has 0 atom stereocenters. The van der Waals surface area contributed by atoms with Crippen LogP contribution in [0, 0.1) is 13.8 Å². The molecule has 2 N–H and O–H groups in total. The fraction of sp³-hybridized carbons (Fsp3) is 0.467. The zero-order valence-corrected chi connectivity index (χ0v) is 12.1. The Hall–Kier alpha value is -2.04. The lowest BCUT2D eigenvalue weighted by molar-refractivity contribution is -0.133. The molecule has 0 unspecified atom stereocenters. The first-order valence-corrected chi connectivity index (χ1v) is 6.69. The molecule has 1 amide bonds. The maximum atomic E-state index is 12.0. The number of hydrogen-bond donors (Lipinski definition) is 1. The van der Waals surface area contributed by atoms with E-state index in [4.69, 9.17) is 10.5 Å². The van der Waals surface area contributed by atoms with E-state index in [0.29, 0.717) is 17.3 Å². The Balaban J connectivity index is 1.98. The number of likely N-dealkylation sites (N-methyl/N-ethyl adjacent to an activating group) is 1. The molecular weight excluding hydrogens is 256 g/mol. The number of hydrogen-bond acceptors (Lipinski definition) is 4. The Labute approximate surface area is 118 Å². The molecule has 1 aromatic carbocycles. The third-order valence-electron chi connectivity index (χ3n) is 3.65. The minimum atomic E-state index is -0.508. The smallest absolute Gasteiger partial charge is 0.338 e. The number of nitrogens with zero attached hydrogens (tertiary/aromatic N) is 1. The van der Waals surface area contributed by atoms with Crippen LogP contribution < -0.4 is 5.73 Å². The zero-order chi connectivity index (χ0) is 14.9. The number of benzene rings is 1. The van der Waals surface area contributed by atoms with Crippen molar-refractivity contribution in [2.24, 2.45) is 0 Å². The van der Waals surface area contributed by atoms with E-state index in [1.54, 1.807) is 18.0 Å². The van der Waals surface area contributed by atoms with Crippen molar-refractivity contribution in [3.8, 4) is 0 Å². The molecular formula is C15H20N2O3. The summed E-state index contributed by atoms with van der Waals surface area (Å²) in [6, 6.07) is 3.75. The first-order chi connectivity index (χ1) is 9.40. The summed E-state index contributed by atoms with van der Waals surface area (Å²) >= 11 is 0. The van der Waals surface area contributed by atoms with Gasteiger partial charge < -0.3 is 15.4 Å². The molecule has 0 saturated heterocycles. The highest BCUT2D eigenvalue weighted by molar-refractivity contribution is 5.93. The van der Waals surface area contributed by atoms with Crippen LogP contribution in [0.2, 0.25) is 0 Å². The Morgan fingerprint density at radius 2 is 1.95 bits per heavy atom. The number of amides is 1. The molecule has 5 nitrogen and oxygen atoms in total. The van der Waals surface area contributed by atoms with Gasteiger partial charge in [-0.25, -0.2) is 4.79 Å². The lowest BCUT2D eigenvalue weighted by atomic mass is 10.0. The predicted octanol–water partition coefficient (Wildman–Crippen LogP) is 1.66. The monoisotopic (exact) mass is 276 g/mol. The van der Waals surface area contributed by atoms with E-state index < -0.39 is 5.97 Å². The summed E-state index contributed by atoms with van der Waals surface area (Å²) in [6.45, 7) is 3.48. The molecule has 20 heavy (non-hydrogen) atoms. The van der Waals surface area contributed by atoms with Crippen LogP contribution in [0.15, 0.2) is 12.1 Å². The number of ether oxygens (including phenoxy) is 1. The van der Waals surface area contributed by atoms with Crippen molar-refractivity contribution >= 4 is 17.6 Å². The van der Waals surface area contributed by atoms with Gasteiger partial charge in [-0.15, -0.1) is 0 Å². The van der Waals surface area contributed by atoms with Gasteiger partial charge >= 0.3 is 5.97 Å². The Morgan fingerprint density at radius 3 is 2.55 bits per heavy atom. The maximum Gasteiger partial charge on any atom is 0.338 e. The summed E-state index contributed by atoms with van der Waals surface area (Å²) in [5.74, 6) is -0.676. The van der Waals surface area contributed by atoms with Crippen LogP contribution in [-0.2, 0) is 9.53 Å². The van der Waals surface area contributed by atoms with Gasteiger partial charge in [0.1, 0.15) is 0 Å². The summed E-state index contributed by atoms with van der Waals surface area (Å²) in [5, 5.41) is 0. The fourth-order valence-corrected chi connectivity index (χ4v) is 2.06. The lowest BCUT2D eigenvalue weighted by Crippen LogP contribution is -2.33. The van der Waals surface area contributed by atoms with E-state index in [1.807, 2.05) is 19.9 Å². The Morgan fingerprint density at radius 1 is 1.30 bits per heavy atom. The zero-order valence-electron chi connectivity index (χ0n) is 12.1. The number of nitrogen functional groups attached to an aromatic ring is 1. The molecule has 1 fully saturated rings. The second-order valence-electron chi connectivity index (χ2n) is 5.34. The molecule has 0 aliphatic heterocycles. The molecule has 1 aliphatic carbocycles. The summed E-state index contributed by atoms with van der Waals surface area (Å²) in [7, 11) is 1.74. The minimum Gasteiger partial charge on any atom is -0.452 e. The van der Waals surface area contributed by atoms with Crippen LogP contribution >= 0.6 is 0 Å². The number of carbonyl (C=O) groups is 2. The highest BCUT2D eigenvalue weighted by atomic mass is 16.5. The number of anilines is 1. The summed E-state index contributed by atoms with van der Waals surface area (Å²) in [6.07, 6.45) is 2.06. The quantitative estimate of drug-likeness (QED) is 0.670. The van der Waals surface area contributed by atoms with Gasteiger partial charge in [0.15, 0.2) is 6.61 Å².